The van der Waals surface area contributed by atoms with E-state index in [-0.39, 0.29) is 17.9 Å². The predicted molar refractivity (Wildman–Crippen MR) is 80.0 cm³/mol. The van der Waals surface area contributed by atoms with Crippen molar-refractivity contribution >= 4 is 39.4 Å². The molecule has 1 heterocycles. The number of nitrogens with zero attached hydrogens (tertiary/aromatic N) is 1. The van der Waals surface area contributed by atoms with Crippen LogP contribution in [-0.2, 0) is 4.79 Å². The molecule has 0 radical (unpaired) electrons. The van der Waals surface area contributed by atoms with E-state index in [1.54, 1.807) is 23.1 Å². The first-order valence-corrected chi connectivity index (χ1v) is 7.56. The highest BCUT2D eigenvalue weighted by Crippen LogP contribution is 2.28. The van der Waals surface area contributed by atoms with Crippen LogP contribution in [0.25, 0.3) is 0 Å². The number of aliphatic carboxylic acids is 1. The van der Waals surface area contributed by atoms with E-state index >= 15 is 0 Å². The maximum Gasteiger partial charge on any atom is 0.306 e. The average Bonchev–Trinajstić information content (AvgIpc) is 2.37. The first-order valence-electron chi connectivity index (χ1n) is 6.39. The second kappa shape index (κ2) is 6.14. The van der Waals surface area contributed by atoms with Crippen molar-refractivity contribution in [3.63, 3.8) is 0 Å². The smallest absolute Gasteiger partial charge is 0.306 e. The zero-order valence-electron chi connectivity index (χ0n) is 11.0. The lowest BCUT2D eigenvalue weighted by molar-refractivity contribution is -0.143. The molecule has 1 aliphatic rings. The Labute approximate surface area is 130 Å². The second-order valence-corrected chi connectivity index (χ2v) is 6.35. The molecule has 2 rings (SSSR count). The van der Waals surface area contributed by atoms with Gasteiger partial charge in [0.25, 0.3) is 5.91 Å². The van der Waals surface area contributed by atoms with Crippen LogP contribution in [0.5, 0.6) is 0 Å². The first-order chi connectivity index (χ1) is 9.40. The molecule has 0 saturated carbocycles. The van der Waals surface area contributed by atoms with Crippen LogP contribution in [0.4, 0.5) is 0 Å². The van der Waals surface area contributed by atoms with Crippen molar-refractivity contribution in [2.75, 3.05) is 6.54 Å². The Hall–Kier alpha value is -1.07. The molecule has 20 heavy (non-hydrogen) atoms. The Balaban J connectivity index is 2.16. The minimum Gasteiger partial charge on any atom is -0.481 e. The number of amides is 1. The normalized spacial score (nSPS) is 22.6. The van der Waals surface area contributed by atoms with Crippen LogP contribution >= 0.6 is 27.5 Å². The van der Waals surface area contributed by atoms with Crippen molar-refractivity contribution in [3.05, 3.63) is 33.3 Å². The summed E-state index contributed by atoms with van der Waals surface area (Å²) in [4.78, 5) is 25.2. The number of carboxylic acid groups (broad SMARTS) is 1. The van der Waals surface area contributed by atoms with Gasteiger partial charge in [-0.25, -0.2) is 0 Å². The number of benzene rings is 1. The van der Waals surface area contributed by atoms with Crippen molar-refractivity contribution in [1.82, 2.24) is 4.90 Å². The van der Waals surface area contributed by atoms with Gasteiger partial charge in [-0.15, -0.1) is 0 Å². The Morgan fingerprint density at radius 2 is 2.15 bits per heavy atom. The SMILES string of the molecule is CC1CC(C(=O)O)CCN1C(=O)c1ccc(Br)cc1Cl. The lowest BCUT2D eigenvalue weighted by Crippen LogP contribution is -2.46. The molecule has 1 amide bonds. The second-order valence-electron chi connectivity index (χ2n) is 5.03. The van der Waals surface area contributed by atoms with Crippen LogP contribution < -0.4 is 0 Å². The molecule has 0 aliphatic carbocycles. The van der Waals surface area contributed by atoms with Crippen molar-refractivity contribution in [3.8, 4) is 0 Å². The molecule has 1 N–H and O–H groups in total. The van der Waals surface area contributed by atoms with E-state index in [1.807, 2.05) is 6.92 Å². The third-order valence-corrected chi connectivity index (χ3v) is 4.45. The number of carbonyl (C=O) groups excluding carboxylic acids is 1. The van der Waals surface area contributed by atoms with E-state index < -0.39 is 5.97 Å². The molecule has 2 unspecified atom stereocenters. The fraction of sp³-hybridized carbons (Fsp3) is 0.429. The van der Waals surface area contributed by atoms with Crippen LogP contribution in [0, 0.1) is 5.92 Å². The summed E-state index contributed by atoms with van der Waals surface area (Å²) in [5.74, 6) is -1.29. The molecule has 1 aliphatic heterocycles. The molecular formula is C14H15BrClNO3. The highest BCUT2D eigenvalue weighted by Gasteiger charge is 2.33. The van der Waals surface area contributed by atoms with Gasteiger partial charge in [0, 0.05) is 17.1 Å². The molecule has 1 aromatic rings. The standard InChI is InChI=1S/C14H15BrClNO3/c1-8-6-9(14(19)20)4-5-17(8)13(18)11-3-2-10(15)7-12(11)16/h2-3,7-9H,4-6H2,1H3,(H,19,20). The largest absolute Gasteiger partial charge is 0.481 e. The van der Waals surface area contributed by atoms with Gasteiger partial charge in [0.15, 0.2) is 0 Å². The van der Waals surface area contributed by atoms with E-state index in [2.05, 4.69) is 15.9 Å². The van der Waals surface area contributed by atoms with E-state index in [0.717, 1.165) is 4.47 Å². The van der Waals surface area contributed by atoms with Crippen molar-refractivity contribution in [1.29, 1.82) is 0 Å². The van der Waals surface area contributed by atoms with Gasteiger partial charge in [-0.3, -0.25) is 9.59 Å². The quantitative estimate of drug-likeness (QED) is 0.879. The third-order valence-electron chi connectivity index (χ3n) is 3.65. The summed E-state index contributed by atoms with van der Waals surface area (Å²) in [5.41, 5.74) is 0.454. The third kappa shape index (κ3) is 3.15. The summed E-state index contributed by atoms with van der Waals surface area (Å²) in [7, 11) is 0. The molecule has 1 fully saturated rings. The molecular weight excluding hydrogens is 346 g/mol. The monoisotopic (exact) mass is 359 g/mol. The highest BCUT2D eigenvalue weighted by molar-refractivity contribution is 9.10. The molecule has 4 nitrogen and oxygen atoms in total. The molecule has 0 spiro atoms. The van der Waals surface area contributed by atoms with E-state index in [9.17, 15) is 9.59 Å². The summed E-state index contributed by atoms with van der Waals surface area (Å²) in [6.07, 6.45) is 0.967. The lowest BCUT2D eigenvalue weighted by atomic mass is 9.91. The van der Waals surface area contributed by atoms with Crippen LogP contribution in [0.1, 0.15) is 30.1 Å². The minimum absolute atomic E-state index is 0.0999. The number of halogens is 2. The fourth-order valence-corrected chi connectivity index (χ4v) is 3.27. The summed E-state index contributed by atoms with van der Waals surface area (Å²) in [5, 5.41) is 9.44. The van der Waals surface area contributed by atoms with Gasteiger partial charge in [0.05, 0.1) is 16.5 Å². The maximum atomic E-state index is 12.5. The molecule has 1 aromatic carbocycles. The van der Waals surface area contributed by atoms with Crippen molar-refractivity contribution in [2.24, 2.45) is 5.92 Å². The van der Waals surface area contributed by atoms with Crippen molar-refractivity contribution < 1.29 is 14.7 Å². The maximum absolute atomic E-state index is 12.5. The predicted octanol–water partition coefficient (Wildman–Crippen LogP) is 3.43. The van der Waals surface area contributed by atoms with Crippen LogP contribution in [-0.4, -0.2) is 34.5 Å². The summed E-state index contributed by atoms with van der Waals surface area (Å²) in [6.45, 7) is 2.32. The molecule has 0 bridgehead atoms. The van der Waals surface area contributed by atoms with Gasteiger partial charge in [-0.2, -0.15) is 0 Å². The van der Waals surface area contributed by atoms with Gasteiger partial charge in [-0.05, 0) is 38.0 Å². The summed E-state index contributed by atoms with van der Waals surface area (Å²) >= 11 is 9.40. The van der Waals surface area contributed by atoms with E-state index in [0.29, 0.717) is 30.0 Å². The number of likely N-dealkylation sites (tertiary alicyclic amines) is 1. The van der Waals surface area contributed by atoms with Crippen LogP contribution in [0.2, 0.25) is 5.02 Å². The van der Waals surface area contributed by atoms with E-state index in [4.69, 9.17) is 16.7 Å². The Morgan fingerprint density at radius 3 is 2.70 bits per heavy atom. The molecule has 108 valence electrons. The van der Waals surface area contributed by atoms with Gasteiger partial charge in [0.1, 0.15) is 0 Å². The lowest BCUT2D eigenvalue weighted by Gasteiger charge is -2.36. The molecule has 1 saturated heterocycles. The summed E-state index contributed by atoms with van der Waals surface area (Å²) in [6, 6.07) is 5.04. The highest BCUT2D eigenvalue weighted by atomic mass is 79.9. The Bertz CT molecular complexity index is 549. The number of piperidine rings is 1. The van der Waals surface area contributed by atoms with Gasteiger partial charge >= 0.3 is 5.97 Å². The number of carboxylic acids is 1. The number of hydrogen-bond donors (Lipinski definition) is 1. The Kier molecular flexibility index (Phi) is 4.70. The van der Waals surface area contributed by atoms with Crippen molar-refractivity contribution in [2.45, 2.75) is 25.8 Å². The summed E-state index contributed by atoms with van der Waals surface area (Å²) < 4.78 is 0.816. The molecule has 6 heteroatoms. The van der Waals surface area contributed by atoms with Crippen LogP contribution in [0.15, 0.2) is 22.7 Å². The first kappa shape index (κ1) is 15.3. The average molecular weight is 361 g/mol. The number of hydrogen-bond acceptors (Lipinski definition) is 2. The van der Waals surface area contributed by atoms with Gasteiger partial charge in [-0.1, -0.05) is 27.5 Å². The number of carbonyl (C=O) groups is 2. The van der Waals surface area contributed by atoms with E-state index in [1.165, 1.54) is 0 Å². The Morgan fingerprint density at radius 1 is 1.45 bits per heavy atom. The fourth-order valence-electron chi connectivity index (χ4n) is 2.52. The number of rotatable bonds is 2. The van der Waals surface area contributed by atoms with Gasteiger partial charge < -0.3 is 10.0 Å². The molecule has 0 aromatic heterocycles. The molecule has 2 atom stereocenters. The topological polar surface area (TPSA) is 57.6 Å². The zero-order valence-corrected chi connectivity index (χ0v) is 13.3. The van der Waals surface area contributed by atoms with Gasteiger partial charge in [0.2, 0.25) is 0 Å². The van der Waals surface area contributed by atoms with Crippen LogP contribution in [0.3, 0.4) is 0 Å². The minimum atomic E-state index is -0.786. The zero-order chi connectivity index (χ0) is 14.9.